The molecule has 3 heteroatoms. The smallest absolute Gasteiger partial charge is 0.124 e. The summed E-state index contributed by atoms with van der Waals surface area (Å²) in [6.07, 6.45) is 5.85. The minimum absolute atomic E-state index is 0.478. The lowest BCUT2D eigenvalue weighted by atomic mass is 10.1. The molecule has 3 nitrogen and oxygen atoms in total. The summed E-state index contributed by atoms with van der Waals surface area (Å²) in [4.78, 5) is 14.8. The van der Waals surface area contributed by atoms with Gasteiger partial charge in [-0.1, -0.05) is 6.07 Å². The van der Waals surface area contributed by atoms with E-state index in [1.54, 1.807) is 0 Å². The van der Waals surface area contributed by atoms with Crippen molar-refractivity contribution >= 4 is 17.3 Å². The number of hydrogen-bond acceptors (Lipinski definition) is 2. The number of aldehydes is 1. The van der Waals surface area contributed by atoms with Gasteiger partial charge < -0.3 is 9.36 Å². The number of nitrogens with zero attached hydrogens (tertiary/aromatic N) is 2. The van der Waals surface area contributed by atoms with Crippen molar-refractivity contribution in [1.82, 2.24) is 9.55 Å². The van der Waals surface area contributed by atoms with Crippen LogP contribution in [0.25, 0.3) is 11.0 Å². The monoisotopic (exact) mass is 200 g/mol. The Morgan fingerprint density at radius 3 is 3.07 bits per heavy atom. The van der Waals surface area contributed by atoms with Gasteiger partial charge in [-0.3, -0.25) is 0 Å². The van der Waals surface area contributed by atoms with Crippen molar-refractivity contribution in [3.8, 4) is 0 Å². The number of fused-ring (bicyclic) bond motifs is 1. The summed E-state index contributed by atoms with van der Waals surface area (Å²) in [5.74, 6) is 0. The highest BCUT2D eigenvalue weighted by Crippen LogP contribution is 2.37. The molecule has 1 aromatic heterocycles. The molecule has 0 atom stereocenters. The van der Waals surface area contributed by atoms with E-state index in [0.29, 0.717) is 12.5 Å². The molecule has 1 fully saturated rings. The average Bonchev–Trinajstić information content (AvgIpc) is 3.00. The Balaban J connectivity index is 2.09. The van der Waals surface area contributed by atoms with Crippen LogP contribution in [0, 0.1) is 0 Å². The molecule has 1 aromatic carbocycles. The predicted octanol–water partition coefficient (Wildman–Crippen LogP) is 2.11. The molecular formula is C12H12N2O. The van der Waals surface area contributed by atoms with E-state index < -0.39 is 0 Å². The molecule has 0 spiro atoms. The molecule has 0 bridgehead atoms. The third-order valence-corrected chi connectivity index (χ3v) is 2.90. The van der Waals surface area contributed by atoms with Crippen molar-refractivity contribution in [3.63, 3.8) is 0 Å². The summed E-state index contributed by atoms with van der Waals surface area (Å²) >= 11 is 0. The van der Waals surface area contributed by atoms with Gasteiger partial charge in [0.1, 0.15) is 6.29 Å². The SMILES string of the molecule is O=CCc1ccc2c(c1)ncn2C1CC1. The molecule has 15 heavy (non-hydrogen) atoms. The molecular weight excluding hydrogens is 188 g/mol. The van der Waals surface area contributed by atoms with E-state index in [9.17, 15) is 4.79 Å². The summed E-state index contributed by atoms with van der Waals surface area (Å²) < 4.78 is 2.24. The Morgan fingerprint density at radius 1 is 1.47 bits per heavy atom. The molecule has 76 valence electrons. The summed E-state index contributed by atoms with van der Waals surface area (Å²) in [6.45, 7) is 0. The van der Waals surface area contributed by atoms with Crippen LogP contribution in [-0.4, -0.2) is 15.8 Å². The number of carbonyl (C=O) groups is 1. The van der Waals surface area contributed by atoms with Crippen molar-refractivity contribution in [2.24, 2.45) is 0 Å². The second-order valence-electron chi connectivity index (χ2n) is 4.08. The minimum Gasteiger partial charge on any atom is -0.327 e. The number of hydrogen-bond donors (Lipinski definition) is 0. The zero-order chi connectivity index (χ0) is 10.3. The number of imidazole rings is 1. The van der Waals surface area contributed by atoms with Crippen molar-refractivity contribution in [1.29, 1.82) is 0 Å². The minimum atomic E-state index is 0.478. The molecule has 2 aromatic rings. The number of aromatic nitrogens is 2. The van der Waals surface area contributed by atoms with Crippen LogP contribution < -0.4 is 0 Å². The van der Waals surface area contributed by atoms with Gasteiger partial charge in [0.2, 0.25) is 0 Å². The molecule has 0 N–H and O–H groups in total. The topological polar surface area (TPSA) is 34.9 Å². The molecule has 1 saturated carbocycles. The van der Waals surface area contributed by atoms with Gasteiger partial charge in [0.25, 0.3) is 0 Å². The van der Waals surface area contributed by atoms with Crippen LogP contribution in [0.5, 0.6) is 0 Å². The van der Waals surface area contributed by atoms with Crippen LogP contribution in [0.2, 0.25) is 0 Å². The van der Waals surface area contributed by atoms with Gasteiger partial charge in [0.05, 0.1) is 17.4 Å². The van der Waals surface area contributed by atoms with E-state index in [0.717, 1.165) is 17.4 Å². The van der Waals surface area contributed by atoms with E-state index in [2.05, 4.69) is 15.6 Å². The maximum Gasteiger partial charge on any atom is 0.124 e. The average molecular weight is 200 g/mol. The van der Waals surface area contributed by atoms with Crippen LogP contribution in [-0.2, 0) is 11.2 Å². The van der Waals surface area contributed by atoms with Gasteiger partial charge in [-0.25, -0.2) is 4.98 Å². The van der Waals surface area contributed by atoms with Gasteiger partial charge in [-0.15, -0.1) is 0 Å². The quantitative estimate of drug-likeness (QED) is 0.711. The third kappa shape index (κ3) is 1.44. The molecule has 1 heterocycles. The number of rotatable bonds is 3. The molecule has 0 unspecified atom stereocenters. The summed E-state index contributed by atoms with van der Waals surface area (Å²) in [7, 11) is 0. The van der Waals surface area contributed by atoms with Crippen molar-refractivity contribution in [2.45, 2.75) is 25.3 Å². The zero-order valence-electron chi connectivity index (χ0n) is 8.39. The van der Waals surface area contributed by atoms with Crippen molar-refractivity contribution in [3.05, 3.63) is 30.1 Å². The predicted molar refractivity (Wildman–Crippen MR) is 57.8 cm³/mol. The van der Waals surface area contributed by atoms with Crippen molar-refractivity contribution in [2.75, 3.05) is 0 Å². The lowest BCUT2D eigenvalue weighted by Gasteiger charge is -2.01. The van der Waals surface area contributed by atoms with Gasteiger partial charge in [-0.05, 0) is 30.5 Å². The normalized spacial score (nSPS) is 15.7. The van der Waals surface area contributed by atoms with Gasteiger partial charge in [0.15, 0.2) is 0 Å². The largest absolute Gasteiger partial charge is 0.327 e. The molecule has 3 rings (SSSR count). The molecule has 0 aliphatic heterocycles. The first kappa shape index (κ1) is 8.65. The molecule has 1 aliphatic carbocycles. The second kappa shape index (κ2) is 3.19. The third-order valence-electron chi connectivity index (χ3n) is 2.90. The fourth-order valence-corrected chi connectivity index (χ4v) is 1.94. The fraction of sp³-hybridized carbons (Fsp3) is 0.333. The first-order valence-corrected chi connectivity index (χ1v) is 5.27. The Bertz CT molecular complexity index is 511. The highest BCUT2D eigenvalue weighted by molar-refractivity contribution is 5.77. The molecule has 0 radical (unpaired) electrons. The van der Waals surface area contributed by atoms with E-state index in [4.69, 9.17) is 0 Å². The van der Waals surface area contributed by atoms with E-state index in [1.165, 1.54) is 18.4 Å². The number of benzene rings is 1. The Labute approximate surface area is 87.7 Å². The molecule has 1 aliphatic rings. The maximum atomic E-state index is 10.4. The van der Waals surface area contributed by atoms with Crippen LogP contribution in [0.4, 0.5) is 0 Å². The van der Waals surface area contributed by atoms with Crippen molar-refractivity contribution < 1.29 is 4.79 Å². The lowest BCUT2D eigenvalue weighted by Crippen LogP contribution is -1.91. The standard InChI is InChI=1S/C12H12N2O/c15-6-5-9-1-4-12-11(7-9)13-8-14(12)10-2-3-10/h1,4,6-8,10H,2-3,5H2. The molecule has 0 amide bonds. The van der Waals surface area contributed by atoms with Gasteiger partial charge in [0, 0.05) is 12.5 Å². The maximum absolute atomic E-state index is 10.4. The first-order valence-electron chi connectivity index (χ1n) is 5.27. The van der Waals surface area contributed by atoms with E-state index >= 15 is 0 Å². The lowest BCUT2D eigenvalue weighted by molar-refractivity contribution is -0.107. The Kier molecular flexibility index (Phi) is 1.84. The molecule has 0 saturated heterocycles. The van der Waals surface area contributed by atoms with Crippen LogP contribution in [0.3, 0.4) is 0 Å². The zero-order valence-corrected chi connectivity index (χ0v) is 8.39. The van der Waals surface area contributed by atoms with E-state index in [-0.39, 0.29) is 0 Å². The highest BCUT2D eigenvalue weighted by Gasteiger charge is 2.24. The second-order valence-corrected chi connectivity index (χ2v) is 4.08. The van der Waals surface area contributed by atoms with Crippen LogP contribution in [0.1, 0.15) is 24.4 Å². The summed E-state index contributed by atoms with van der Waals surface area (Å²) in [5.41, 5.74) is 3.23. The highest BCUT2D eigenvalue weighted by atomic mass is 16.1. The first-order chi connectivity index (χ1) is 7.38. The van der Waals surface area contributed by atoms with E-state index in [1.807, 2.05) is 18.5 Å². The van der Waals surface area contributed by atoms with Gasteiger partial charge in [-0.2, -0.15) is 0 Å². The van der Waals surface area contributed by atoms with Crippen LogP contribution >= 0.6 is 0 Å². The Hall–Kier alpha value is -1.64. The summed E-state index contributed by atoms with van der Waals surface area (Å²) in [5, 5.41) is 0. The van der Waals surface area contributed by atoms with Gasteiger partial charge >= 0.3 is 0 Å². The Morgan fingerprint density at radius 2 is 2.33 bits per heavy atom. The fourth-order valence-electron chi connectivity index (χ4n) is 1.94. The summed E-state index contributed by atoms with van der Waals surface area (Å²) in [6, 6.07) is 6.74. The number of carbonyl (C=O) groups excluding carboxylic acids is 1. The van der Waals surface area contributed by atoms with Crippen LogP contribution in [0.15, 0.2) is 24.5 Å².